The van der Waals surface area contributed by atoms with Crippen molar-refractivity contribution in [2.24, 2.45) is 11.3 Å². The minimum absolute atomic E-state index is 0.213. The highest BCUT2D eigenvalue weighted by Gasteiger charge is 2.52. The number of nitrogens with zero attached hydrogens (tertiary/aromatic N) is 1. The standard InChI is InChI=1S/C10H17NO2/c1-10(2)5-8(10)9(13)11-4-3-7(12)6-11/h7-8,12H,3-6H2,1-2H3/t7-,8?/m1/s1. The van der Waals surface area contributed by atoms with Crippen LogP contribution in [0.25, 0.3) is 0 Å². The van der Waals surface area contributed by atoms with Gasteiger partial charge in [-0.25, -0.2) is 0 Å². The van der Waals surface area contributed by atoms with Gasteiger partial charge in [-0.1, -0.05) is 13.8 Å². The predicted octanol–water partition coefficient (Wildman–Crippen LogP) is 0.626. The molecule has 1 saturated carbocycles. The van der Waals surface area contributed by atoms with E-state index >= 15 is 0 Å². The second-order valence-electron chi connectivity index (χ2n) is 4.97. The number of hydrogen-bond acceptors (Lipinski definition) is 2. The molecule has 1 amide bonds. The van der Waals surface area contributed by atoms with Crippen LogP contribution in [0, 0.1) is 11.3 Å². The van der Waals surface area contributed by atoms with Gasteiger partial charge in [0.1, 0.15) is 0 Å². The molecule has 1 unspecified atom stereocenters. The highest BCUT2D eigenvalue weighted by molar-refractivity contribution is 5.82. The maximum atomic E-state index is 11.8. The van der Waals surface area contributed by atoms with Crippen molar-refractivity contribution in [3.05, 3.63) is 0 Å². The van der Waals surface area contributed by atoms with Crippen LogP contribution in [0.4, 0.5) is 0 Å². The van der Waals surface area contributed by atoms with Gasteiger partial charge in [0.2, 0.25) is 5.91 Å². The van der Waals surface area contributed by atoms with Crippen LogP contribution >= 0.6 is 0 Å². The Bertz CT molecular complexity index is 237. The van der Waals surface area contributed by atoms with Gasteiger partial charge in [0.15, 0.2) is 0 Å². The van der Waals surface area contributed by atoms with Crippen LogP contribution in [0.3, 0.4) is 0 Å². The zero-order valence-electron chi connectivity index (χ0n) is 8.29. The molecule has 1 heterocycles. The predicted molar refractivity (Wildman–Crippen MR) is 49.1 cm³/mol. The molecule has 0 aromatic heterocycles. The van der Waals surface area contributed by atoms with Crippen LogP contribution in [0.1, 0.15) is 26.7 Å². The van der Waals surface area contributed by atoms with Gasteiger partial charge in [-0.05, 0) is 18.3 Å². The maximum Gasteiger partial charge on any atom is 0.226 e. The van der Waals surface area contributed by atoms with Crippen molar-refractivity contribution in [1.82, 2.24) is 4.90 Å². The van der Waals surface area contributed by atoms with Gasteiger partial charge >= 0.3 is 0 Å². The second-order valence-corrected chi connectivity index (χ2v) is 4.97. The molecule has 0 radical (unpaired) electrons. The molecule has 3 heteroatoms. The topological polar surface area (TPSA) is 40.5 Å². The van der Waals surface area contributed by atoms with Crippen LogP contribution in [0.5, 0.6) is 0 Å². The SMILES string of the molecule is CC1(C)CC1C(=O)N1CC[C@@H](O)C1. The van der Waals surface area contributed by atoms with Crippen molar-refractivity contribution in [3.63, 3.8) is 0 Å². The minimum atomic E-state index is -0.286. The Labute approximate surface area is 78.7 Å². The van der Waals surface area contributed by atoms with Gasteiger partial charge in [-0.15, -0.1) is 0 Å². The highest BCUT2D eigenvalue weighted by Crippen LogP contribution is 2.52. The summed E-state index contributed by atoms with van der Waals surface area (Å²) in [5.41, 5.74) is 0.213. The van der Waals surface area contributed by atoms with E-state index in [2.05, 4.69) is 13.8 Å². The Hall–Kier alpha value is -0.570. The van der Waals surface area contributed by atoms with Gasteiger partial charge in [-0.3, -0.25) is 4.79 Å². The first kappa shape index (κ1) is 9.00. The maximum absolute atomic E-state index is 11.8. The Morgan fingerprint density at radius 3 is 2.54 bits per heavy atom. The lowest BCUT2D eigenvalue weighted by Crippen LogP contribution is -2.31. The summed E-state index contributed by atoms with van der Waals surface area (Å²) in [5, 5.41) is 9.29. The molecule has 0 aromatic carbocycles. The fraction of sp³-hybridized carbons (Fsp3) is 0.900. The second kappa shape index (κ2) is 2.71. The Morgan fingerprint density at radius 2 is 2.15 bits per heavy atom. The van der Waals surface area contributed by atoms with Gasteiger partial charge in [0, 0.05) is 19.0 Å². The molecule has 2 atom stereocenters. The van der Waals surface area contributed by atoms with E-state index in [0.29, 0.717) is 6.54 Å². The third kappa shape index (κ3) is 1.57. The summed E-state index contributed by atoms with van der Waals surface area (Å²) in [6.07, 6.45) is 1.47. The number of amides is 1. The van der Waals surface area contributed by atoms with Crippen molar-refractivity contribution in [2.45, 2.75) is 32.8 Å². The summed E-state index contributed by atoms with van der Waals surface area (Å²) < 4.78 is 0. The molecule has 2 fully saturated rings. The first-order valence-corrected chi connectivity index (χ1v) is 4.97. The molecule has 2 aliphatic rings. The zero-order chi connectivity index (χ0) is 9.64. The molecule has 1 aliphatic carbocycles. The van der Waals surface area contributed by atoms with E-state index in [9.17, 15) is 9.90 Å². The molecule has 3 nitrogen and oxygen atoms in total. The first-order chi connectivity index (χ1) is 6.00. The van der Waals surface area contributed by atoms with E-state index in [0.717, 1.165) is 19.4 Å². The van der Waals surface area contributed by atoms with Gasteiger partial charge in [-0.2, -0.15) is 0 Å². The largest absolute Gasteiger partial charge is 0.391 e. The summed E-state index contributed by atoms with van der Waals surface area (Å²) in [6, 6.07) is 0. The summed E-state index contributed by atoms with van der Waals surface area (Å²) in [6.45, 7) is 5.54. The van der Waals surface area contributed by atoms with Crippen molar-refractivity contribution in [2.75, 3.05) is 13.1 Å². The van der Waals surface area contributed by atoms with E-state index in [1.54, 1.807) is 0 Å². The van der Waals surface area contributed by atoms with Crippen LogP contribution in [0.2, 0.25) is 0 Å². The Morgan fingerprint density at radius 1 is 1.54 bits per heavy atom. The third-order valence-electron chi connectivity index (χ3n) is 3.29. The highest BCUT2D eigenvalue weighted by atomic mass is 16.3. The van der Waals surface area contributed by atoms with Crippen molar-refractivity contribution in [1.29, 1.82) is 0 Å². The molecule has 0 aromatic rings. The molecule has 13 heavy (non-hydrogen) atoms. The van der Waals surface area contributed by atoms with Crippen LogP contribution in [-0.2, 0) is 4.79 Å². The van der Waals surface area contributed by atoms with Gasteiger partial charge in [0.25, 0.3) is 0 Å². The average Bonchev–Trinajstić information content (AvgIpc) is 2.47. The lowest BCUT2D eigenvalue weighted by Gasteiger charge is -2.16. The Balaban J connectivity index is 1.92. The molecule has 1 aliphatic heterocycles. The summed E-state index contributed by atoms with van der Waals surface area (Å²) in [5.74, 6) is 0.472. The molecular formula is C10H17NO2. The molecule has 1 saturated heterocycles. The molecule has 1 N–H and O–H groups in total. The first-order valence-electron chi connectivity index (χ1n) is 4.97. The lowest BCUT2D eigenvalue weighted by atomic mass is 10.1. The summed E-state index contributed by atoms with van der Waals surface area (Å²) in [7, 11) is 0. The normalized spacial score (nSPS) is 36.4. The molecule has 0 spiro atoms. The number of β-amino-alcohol motifs (C(OH)–C–C–N with tert-alkyl or cyclic N) is 1. The van der Waals surface area contributed by atoms with Gasteiger partial charge in [0.05, 0.1) is 6.10 Å². The van der Waals surface area contributed by atoms with E-state index < -0.39 is 0 Å². The quantitative estimate of drug-likeness (QED) is 0.647. The zero-order valence-corrected chi connectivity index (χ0v) is 8.29. The van der Waals surface area contributed by atoms with Crippen molar-refractivity contribution in [3.8, 4) is 0 Å². The summed E-state index contributed by atoms with van der Waals surface area (Å²) in [4.78, 5) is 13.6. The minimum Gasteiger partial charge on any atom is -0.391 e. The van der Waals surface area contributed by atoms with E-state index in [1.165, 1.54) is 0 Å². The Kier molecular flexibility index (Phi) is 1.88. The molecule has 0 bridgehead atoms. The number of hydrogen-bond donors (Lipinski definition) is 1. The van der Waals surface area contributed by atoms with E-state index in [4.69, 9.17) is 0 Å². The fourth-order valence-electron chi connectivity index (χ4n) is 2.05. The number of aliphatic hydroxyl groups is 1. The van der Waals surface area contributed by atoms with Crippen LogP contribution < -0.4 is 0 Å². The molecular weight excluding hydrogens is 166 g/mol. The number of aliphatic hydroxyl groups excluding tert-OH is 1. The average molecular weight is 183 g/mol. The van der Waals surface area contributed by atoms with Crippen molar-refractivity contribution >= 4 is 5.91 Å². The monoisotopic (exact) mass is 183 g/mol. The molecule has 2 rings (SSSR count). The van der Waals surface area contributed by atoms with E-state index in [-0.39, 0.29) is 23.3 Å². The van der Waals surface area contributed by atoms with E-state index in [1.807, 2.05) is 4.90 Å². The smallest absolute Gasteiger partial charge is 0.226 e. The number of carbonyl (C=O) groups is 1. The fourth-order valence-corrected chi connectivity index (χ4v) is 2.05. The number of carbonyl (C=O) groups excluding carboxylic acids is 1. The van der Waals surface area contributed by atoms with Gasteiger partial charge < -0.3 is 10.0 Å². The molecule has 74 valence electrons. The number of rotatable bonds is 1. The summed E-state index contributed by atoms with van der Waals surface area (Å²) >= 11 is 0. The van der Waals surface area contributed by atoms with Crippen LogP contribution in [0.15, 0.2) is 0 Å². The van der Waals surface area contributed by atoms with Crippen molar-refractivity contribution < 1.29 is 9.90 Å². The lowest BCUT2D eigenvalue weighted by molar-refractivity contribution is -0.132. The third-order valence-corrected chi connectivity index (χ3v) is 3.29. The number of likely N-dealkylation sites (tertiary alicyclic amines) is 1. The van der Waals surface area contributed by atoms with Crippen LogP contribution in [-0.4, -0.2) is 35.1 Å².